The molecular weight excluding hydrogens is 186 g/mol. The lowest BCUT2D eigenvalue weighted by atomic mass is 10.1. The maximum Gasteiger partial charge on any atom is 0.0107 e. The van der Waals surface area contributed by atoms with Crippen molar-refractivity contribution in [2.45, 2.75) is 46.1 Å². The molecule has 0 aliphatic heterocycles. The predicted molar refractivity (Wildman–Crippen MR) is 68.2 cm³/mol. The summed E-state index contributed by atoms with van der Waals surface area (Å²) in [7, 11) is 0. The van der Waals surface area contributed by atoms with Gasteiger partial charge >= 0.3 is 0 Å². The number of nitrogens with one attached hydrogen (secondary N) is 1. The van der Waals surface area contributed by atoms with E-state index in [2.05, 4.69) is 31.0 Å². The van der Waals surface area contributed by atoms with E-state index in [1.54, 1.807) is 0 Å². The number of rotatable bonds is 10. The highest BCUT2D eigenvalue weighted by molar-refractivity contribution is 4.66. The fourth-order valence-corrected chi connectivity index (χ4v) is 1.84. The first-order valence-electron chi connectivity index (χ1n) is 6.44. The molecule has 1 unspecified atom stereocenters. The van der Waals surface area contributed by atoms with E-state index in [0.717, 1.165) is 32.7 Å². The molecule has 0 radical (unpaired) electrons. The van der Waals surface area contributed by atoms with Crippen molar-refractivity contribution < 1.29 is 0 Å². The van der Waals surface area contributed by atoms with E-state index in [0.29, 0.717) is 6.04 Å². The molecule has 0 aromatic carbocycles. The van der Waals surface area contributed by atoms with Crippen LogP contribution in [0.4, 0.5) is 0 Å². The highest BCUT2D eigenvalue weighted by Gasteiger charge is 2.05. The van der Waals surface area contributed by atoms with Gasteiger partial charge in [0.2, 0.25) is 0 Å². The second-order valence-electron chi connectivity index (χ2n) is 4.07. The Kier molecular flexibility index (Phi) is 10.3. The minimum atomic E-state index is 0.701. The molecule has 0 spiro atoms. The molecule has 0 bridgehead atoms. The third kappa shape index (κ3) is 7.77. The molecule has 0 saturated heterocycles. The van der Waals surface area contributed by atoms with E-state index in [1.165, 1.54) is 19.3 Å². The molecule has 0 rings (SSSR count). The topological polar surface area (TPSA) is 41.3 Å². The Balaban J connectivity index is 3.55. The van der Waals surface area contributed by atoms with Crippen molar-refractivity contribution >= 4 is 0 Å². The lowest BCUT2D eigenvalue weighted by Gasteiger charge is -2.22. The average Bonchev–Trinajstić information content (AvgIpc) is 2.26. The molecule has 0 aromatic heterocycles. The molecular formula is C12H29N3. The fourth-order valence-electron chi connectivity index (χ4n) is 1.84. The van der Waals surface area contributed by atoms with Gasteiger partial charge in [0.15, 0.2) is 0 Å². The number of nitrogens with zero attached hydrogens (tertiary/aromatic N) is 1. The quantitative estimate of drug-likeness (QED) is 0.579. The summed E-state index contributed by atoms with van der Waals surface area (Å²) in [5, 5.41) is 3.61. The van der Waals surface area contributed by atoms with Crippen molar-refractivity contribution in [2.75, 3.05) is 32.7 Å². The molecule has 1 atom stereocenters. The summed E-state index contributed by atoms with van der Waals surface area (Å²) in [5.41, 5.74) is 5.55. The van der Waals surface area contributed by atoms with Crippen LogP contribution in [0.15, 0.2) is 0 Å². The number of nitrogens with two attached hydrogens (primary N) is 1. The summed E-state index contributed by atoms with van der Waals surface area (Å²) >= 11 is 0. The van der Waals surface area contributed by atoms with Gasteiger partial charge in [0.05, 0.1) is 0 Å². The lowest BCUT2D eigenvalue weighted by molar-refractivity contribution is 0.286. The first-order chi connectivity index (χ1) is 7.28. The van der Waals surface area contributed by atoms with E-state index in [1.807, 2.05) is 0 Å². The van der Waals surface area contributed by atoms with Gasteiger partial charge in [-0.05, 0) is 19.4 Å². The van der Waals surface area contributed by atoms with Crippen LogP contribution in [0.5, 0.6) is 0 Å². The maximum absolute atomic E-state index is 5.55. The molecule has 3 nitrogen and oxygen atoms in total. The van der Waals surface area contributed by atoms with Crippen LogP contribution < -0.4 is 11.1 Å². The van der Waals surface area contributed by atoms with Crippen molar-refractivity contribution in [3.8, 4) is 0 Å². The maximum atomic E-state index is 5.55. The van der Waals surface area contributed by atoms with Crippen LogP contribution in [0, 0.1) is 0 Å². The van der Waals surface area contributed by atoms with Crippen molar-refractivity contribution in [3.63, 3.8) is 0 Å². The van der Waals surface area contributed by atoms with Crippen molar-refractivity contribution in [3.05, 3.63) is 0 Å². The molecule has 15 heavy (non-hydrogen) atoms. The van der Waals surface area contributed by atoms with Gasteiger partial charge in [0.25, 0.3) is 0 Å². The van der Waals surface area contributed by atoms with Crippen LogP contribution >= 0.6 is 0 Å². The van der Waals surface area contributed by atoms with Gasteiger partial charge in [-0.25, -0.2) is 0 Å². The van der Waals surface area contributed by atoms with Crippen LogP contribution in [-0.2, 0) is 0 Å². The lowest BCUT2D eigenvalue weighted by Crippen LogP contribution is -2.38. The number of likely N-dealkylation sites (N-methyl/N-ethyl adjacent to an activating group) is 1. The predicted octanol–water partition coefficient (Wildman–Crippen LogP) is 1.44. The molecule has 0 heterocycles. The monoisotopic (exact) mass is 215 g/mol. The van der Waals surface area contributed by atoms with Gasteiger partial charge < -0.3 is 16.0 Å². The Labute approximate surface area is 95.4 Å². The zero-order chi connectivity index (χ0) is 11.5. The molecule has 3 heteroatoms. The zero-order valence-electron chi connectivity index (χ0n) is 10.8. The second-order valence-corrected chi connectivity index (χ2v) is 4.07. The van der Waals surface area contributed by atoms with Gasteiger partial charge in [-0.1, -0.05) is 27.2 Å². The molecule has 0 fully saturated rings. The fraction of sp³-hybridized carbons (Fsp3) is 1.00. The van der Waals surface area contributed by atoms with E-state index >= 15 is 0 Å². The molecule has 0 aliphatic rings. The standard InChI is InChI=1S/C12H29N3/c1-4-7-12(5-2)14-9-11-15(6-3)10-8-13/h12,14H,4-11,13H2,1-3H3. The zero-order valence-corrected chi connectivity index (χ0v) is 10.8. The molecule has 0 aliphatic carbocycles. The van der Waals surface area contributed by atoms with Crippen LogP contribution in [0.3, 0.4) is 0 Å². The van der Waals surface area contributed by atoms with Gasteiger partial charge in [-0.2, -0.15) is 0 Å². The Morgan fingerprint density at radius 2 is 1.93 bits per heavy atom. The Bertz CT molecular complexity index is 114. The first kappa shape index (κ1) is 14.9. The highest BCUT2D eigenvalue weighted by Crippen LogP contribution is 2.00. The SMILES string of the molecule is CCCC(CC)NCCN(CC)CCN. The van der Waals surface area contributed by atoms with Gasteiger partial charge in [0.1, 0.15) is 0 Å². The third-order valence-electron chi connectivity index (χ3n) is 2.88. The molecule has 0 saturated carbocycles. The van der Waals surface area contributed by atoms with Gasteiger partial charge in [0, 0.05) is 32.2 Å². The normalized spacial score (nSPS) is 13.4. The Hall–Kier alpha value is -0.120. The van der Waals surface area contributed by atoms with E-state index in [4.69, 9.17) is 5.73 Å². The van der Waals surface area contributed by atoms with Gasteiger partial charge in [-0.3, -0.25) is 0 Å². The minimum absolute atomic E-state index is 0.701. The summed E-state index contributed by atoms with van der Waals surface area (Å²) in [6, 6.07) is 0.701. The highest BCUT2D eigenvalue weighted by atomic mass is 15.1. The van der Waals surface area contributed by atoms with Crippen molar-refractivity contribution in [2.24, 2.45) is 5.73 Å². The van der Waals surface area contributed by atoms with E-state index in [9.17, 15) is 0 Å². The molecule has 3 N–H and O–H groups in total. The first-order valence-corrected chi connectivity index (χ1v) is 6.44. The average molecular weight is 215 g/mol. The van der Waals surface area contributed by atoms with Crippen LogP contribution in [0.1, 0.15) is 40.0 Å². The smallest absolute Gasteiger partial charge is 0.0107 e. The minimum Gasteiger partial charge on any atom is -0.329 e. The van der Waals surface area contributed by atoms with E-state index in [-0.39, 0.29) is 0 Å². The Morgan fingerprint density at radius 3 is 2.40 bits per heavy atom. The molecule has 0 amide bonds. The van der Waals surface area contributed by atoms with E-state index < -0.39 is 0 Å². The summed E-state index contributed by atoms with van der Waals surface area (Å²) in [6.07, 6.45) is 3.79. The van der Waals surface area contributed by atoms with Crippen LogP contribution in [0.2, 0.25) is 0 Å². The second kappa shape index (κ2) is 10.4. The van der Waals surface area contributed by atoms with Crippen molar-refractivity contribution in [1.82, 2.24) is 10.2 Å². The van der Waals surface area contributed by atoms with Crippen LogP contribution in [-0.4, -0.2) is 43.7 Å². The molecule has 0 aromatic rings. The third-order valence-corrected chi connectivity index (χ3v) is 2.88. The number of hydrogen-bond donors (Lipinski definition) is 2. The summed E-state index contributed by atoms with van der Waals surface area (Å²) in [6.45, 7) is 11.8. The largest absolute Gasteiger partial charge is 0.329 e. The van der Waals surface area contributed by atoms with Gasteiger partial charge in [-0.15, -0.1) is 0 Å². The van der Waals surface area contributed by atoms with Crippen LogP contribution in [0.25, 0.3) is 0 Å². The summed E-state index contributed by atoms with van der Waals surface area (Å²) < 4.78 is 0. The summed E-state index contributed by atoms with van der Waals surface area (Å²) in [5.74, 6) is 0. The Morgan fingerprint density at radius 1 is 1.20 bits per heavy atom. The summed E-state index contributed by atoms with van der Waals surface area (Å²) in [4.78, 5) is 2.39. The number of hydrogen-bond acceptors (Lipinski definition) is 3. The molecule has 92 valence electrons. The van der Waals surface area contributed by atoms with Crippen molar-refractivity contribution in [1.29, 1.82) is 0 Å².